The quantitative estimate of drug-likeness (QED) is 0.601. The van der Waals surface area contributed by atoms with E-state index in [1.807, 2.05) is 31.2 Å². The van der Waals surface area contributed by atoms with Gasteiger partial charge in [-0.05, 0) is 43.3 Å². The van der Waals surface area contributed by atoms with Crippen LogP contribution in [0.1, 0.15) is 12.5 Å². The molecule has 2 aromatic rings. The highest BCUT2D eigenvalue weighted by atomic mass is 35.5. The Bertz CT molecular complexity index is 756. The zero-order valence-corrected chi connectivity index (χ0v) is 14.5. The van der Waals surface area contributed by atoms with Gasteiger partial charge >= 0.3 is 5.97 Å². The molecule has 0 atom stereocenters. The van der Waals surface area contributed by atoms with Crippen molar-refractivity contribution in [1.29, 1.82) is 0 Å². The van der Waals surface area contributed by atoms with Gasteiger partial charge < -0.3 is 14.8 Å². The molecule has 130 valence electrons. The molecule has 0 bridgehead atoms. The van der Waals surface area contributed by atoms with Gasteiger partial charge in [-0.3, -0.25) is 4.79 Å². The summed E-state index contributed by atoms with van der Waals surface area (Å²) in [6.07, 6.45) is 2.85. The number of halogens is 1. The Kier molecular flexibility index (Phi) is 7.04. The van der Waals surface area contributed by atoms with E-state index >= 15 is 0 Å². The van der Waals surface area contributed by atoms with Crippen molar-refractivity contribution in [3.63, 3.8) is 0 Å². The van der Waals surface area contributed by atoms with E-state index in [-0.39, 0.29) is 6.61 Å². The number of carbonyl (C=O) groups excluding carboxylic acids is 2. The average molecular weight is 360 g/mol. The van der Waals surface area contributed by atoms with Crippen LogP contribution in [0.5, 0.6) is 5.75 Å². The minimum absolute atomic E-state index is 0.376. The molecule has 0 heterocycles. The highest BCUT2D eigenvalue weighted by molar-refractivity contribution is 6.30. The van der Waals surface area contributed by atoms with Crippen molar-refractivity contribution >= 4 is 35.2 Å². The predicted octanol–water partition coefficient (Wildman–Crippen LogP) is 3.93. The lowest BCUT2D eigenvalue weighted by molar-refractivity contribution is -0.142. The van der Waals surface area contributed by atoms with Crippen molar-refractivity contribution in [2.45, 2.75) is 6.92 Å². The number of amides is 1. The molecule has 0 saturated carbocycles. The second kappa shape index (κ2) is 9.49. The third-order valence-corrected chi connectivity index (χ3v) is 3.34. The highest BCUT2D eigenvalue weighted by Gasteiger charge is 2.06. The molecular formula is C19H18ClNO4. The molecule has 0 aliphatic rings. The van der Waals surface area contributed by atoms with Gasteiger partial charge in [0, 0.05) is 22.3 Å². The van der Waals surface area contributed by atoms with Gasteiger partial charge in [-0.1, -0.05) is 29.8 Å². The molecule has 2 aromatic carbocycles. The Balaban J connectivity index is 1.84. The molecule has 0 spiro atoms. The van der Waals surface area contributed by atoms with Crippen molar-refractivity contribution in [1.82, 2.24) is 0 Å². The van der Waals surface area contributed by atoms with E-state index in [9.17, 15) is 9.59 Å². The number of hydrogen-bond donors (Lipinski definition) is 1. The number of rotatable bonds is 7. The van der Waals surface area contributed by atoms with E-state index in [0.717, 1.165) is 5.56 Å². The van der Waals surface area contributed by atoms with Crippen LogP contribution in [-0.2, 0) is 14.3 Å². The van der Waals surface area contributed by atoms with Crippen LogP contribution in [0.3, 0.4) is 0 Å². The average Bonchev–Trinajstić information content (AvgIpc) is 2.61. The summed E-state index contributed by atoms with van der Waals surface area (Å²) >= 11 is 5.77. The number of nitrogens with one attached hydrogen (secondary N) is 1. The van der Waals surface area contributed by atoms with Crippen LogP contribution in [-0.4, -0.2) is 25.1 Å². The van der Waals surface area contributed by atoms with Crippen molar-refractivity contribution in [3.05, 3.63) is 65.2 Å². The third-order valence-electron chi connectivity index (χ3n) is 3.09. The molecule has 0 fully saturated rings. The van der Waals surface area contributed by atoms with Crippen molar-refractivity contribution < 1.29 is 19.1 Å². The van der Waals surface area contributed by atoms with Gasteiger partial charge in [-0.15, -0.1) is 0 Å². The van der Waals surface area contributed by atoms with Gasteiger partial charge in [0.15, 0.2) is 6.61 Å². The highest BCUT2D eigenvalue weighted by Crippen LogP contribution is 2.19. The Morgan fingerprint density at radius 3 is 2.56 bits per heavy atom. The first-order chi connectivity index (χ1) is 12.1. The summed E-state index contributed by atoms with van der Waals surface area (Å²) in [5.74, 6) is -0.370. The van der Waals surface area contributed by atoms with Gasteiger partial charge in [-0.25, -0.2) is 4.79 Å². The lowest BCUT2D eigenvalue weighted by Gasteiger charge is -2.06. The molecule has 0 saturated heterocycles. The molecule has 25 heavy (non-hydrogen) atoms. The van der Waals surface area contributed by atoms with Crippen molar-refractivity contribution in [2.75, 3.05) is 18.5 Å². The van der Waals surface area contributed by atoms with E-state index in [1.165, 1.54) is 6.08 Å². The summed E-state index contributed by atoms with van der Waals surface area (Å²) in [4.78, 5) is 23.5. The molecule has 5 nitrogen and oxygen atoms in total. The minimum atomic E-state index is -0.613. The smallest absolute Gasteiger partial charge is 0.331 e. The van der Waals surface area contributed by atoms with Gasteiger partial charge in [-0.2, -0.15) is 0 Å². The van der Waals surface area contributed by atoms with Gasteiger partial charge in [0.1, 0.15) is 5.75 Å². The zero-order valence-electron chi connectivity index (χ0n) is 13.7. The number of esters is 1. The molecule has 2 rings (SSSR count). The number of hydrogen-bond acceptors (Lipinski definition) is 4. The first kappa shape index (κ1) is 18.5. The number of benzene rings is 2. The Labute approximate surface area is 151 Å². The van der Waals surface area contributed by atoms with Crippen LogP contribution in [0.15, 0.2) is 54.6 Å². The first-order valence-electron chi connectivity index (χ1n) is 7.70. The van der Waals surface area contributed by atoms with E-state index in [1.54, 1.807) is 30.3 Å². The fourth-order valence-electron chi connectivity index (χ4n) is 1.98. The second-order valence-electron chi connectivity index (χ2n) is 4.97. The van der Waals surface area contributed by atoms with E-state index in [0.29, 0.717) is 23.1 Å². The molecule has 0 aliphatic heterocycles. The van der Waals surface area contributed by atoms with Crippen LogP contribution in [0.25, 0.3) is 6.08 Å². The van der Waals surface area contributed by atoms with Crippen LogP contribution in [0.4, 0.5) is 5.69 Å². The van der Waals surface area contributed by atoms with Gasteiger partial charge in [0.25, 0.3) is 5.91 Å². The van der Waals surface area contributed by atoms with Gasteiger partial charge in [0.05, 0.1) is 6.61 Å². The predicted molar refractivity (Wildman–Crippen MR) is 97.7 cm³/mol. The van der Waals surface area contributed by atoms with Crippen molar-refractivity contribution in [2.24, 2.45) is 0 Å². The number of ether oxygens (including phenoxy) is 2. The normalized spacial score (nSPS) is 10.5. The zero-order chi connectivity index (χ0) is 18.1. The topological polar surface area (TPSA) is 64.6 Å². The second-order valence-corrected chi connectivity index (χ2v) is 5.40. The maximum Gasteiger partial charge on any atom is 0.331 e. The molecule has 0 aliphatic carbocycles. The number of anilines is 1. The monoisotopic (exact) mass is 359 g/mol. The molecule has 0 unspecified atom stereocenters. The maximum absolute atomic E-state index is 11.7. The van der Waals surface area contributed by atoms with E-state index in [4.69, 9.17) is 21.1 Å². The number of carbonyl (C=O) groups is 2. The molecule has 1 N–H and O–H groups in total. The molecule has 1 amide bonds. The lowest BCUT2D eigenvalue weighted by Crippen LogP contribution is -2.20. The fraction of sp³-hybridized carbons (Fsp3) is 0.158. The molecule has 0 radical (unpaired) electrons. The Morgan fingerprint density at radius 2 is 1.84 bits per heavy atom. The first-order valence-corrected chi connectivity index (χ1v) is 8.08. The minimum Gasteiger partial charge on any atom is -0.493 e. The fourth-order valence-corrected chi connectivity index (χ4v) is 2.10. The summed E-state index contributed by atoms with van der Waals surface area (Å²) in [5.41, 5.74) is 1.33. The Morgan fingerprint density at radius 1 is 1.12 bits per heavy atom. The SMILES string of the molecule is CCOc1ccccc1/C=C/C(=O)OCC(=O)Nc1ccc(Cl)cc1. The summed E-state index contributed by atoms with van der Waals surface area (Å²) in [5, 5.41) is 3.18. The van der Waals surface area contributed by atoms with Crippen LogP contribution >= 0.6 is 11.6 Å². The summed E-state index contributed by atoms with van der Waals surface area (Å²) in [6.45, 7) is 2.03. The molecule has 6 heteroatoms. The number of para-hydroxylation sites is 1. The molecule has 0 aromatic heterocycles. The molecular weight excluding hydrogens is 342 g/mol. The Hall–Kier alpha value is -2.79. The van der Waals surface area contributed by atoms with Crippen molar-refractivity contribution in [3.8, 4) is 5.75 Å². The van der Waals surface area contributed by atoms with Crippen LogP contribution in [0, 0.1) is 0 Å². The van der Waals surface area contributed by atoms with E-state index in [2.05, 4.69) is 5.32 Å². The third kappa shape index (κ3) is 6.31. The van der Waals surface area contributed by atoms with E-state index < -0.39 is 11.9 Å². The summed E-state index contributed by atoms with van der Waals surface area (Å²) in [6, 6.07) is 14.0. The standard InChI is InChI=1S/C19H18ClNO4/c1-2-24-17-6-4-3-5-14(17)7-12-19(23)25-13-18(22)21-16-10-8-15(20)9-11-16/h3-12H,2,13H2,1H3,(H,21,22)/b12-7+. The largest absolute Gasteiger partial charge is 0.493 e. The van der Waals surface area contributed by atoms with Gasteiger partial charge in [0.2, 0.25) is 0 Å². The summed E-state index contributed by atoms with van der Waals surface area (Å²) < 4.78 is 10.4. The summed E-state index contributed by atoms with van der Waals surface area (Å²) in [7, 11) is 0. The van der Waals surface area contributed by atoms with Crippen LogP contribution < -0.4 is 10.1 Å². The maximum atomic E-state index is 11.7. The van der Waals surface area contributed by atoms with Crippen LogP contribution in [0.2, 0.25) is 5.02 Å². The lowest BCUT2D eigenvalue weighted by atomic mass is 10.2.